The Hall–Kier alpha value is -2.72. The molecule has 10 heteroatoms. The lowest BCUT2D eigenvalue weighted by Crippen LogP contribution is -2.33. The molecule has 0 fully saturated rings. The fourth-order valence-corrected chi connectivity index (χ4v) is 3.15. The predicted molar refractivity (Wildman–Crippen MR) is 87.9 cm³/mol. The molecule has 0 bridgehead atoms. The van der Waals surface area contributed by atoms with Crippen LogP contribution in [-0.2, 0) is 19.6 Å². The second kappa shape index (κ2) is 8.31. The fourth-order valence-electron chi connectivity index (χ4n) is 2.03. The van der Waals surface area contributed by atoms with Crippen LogP contribution in [-0.4, -0.2) is 44.7 Å². The molecule has 0 heterocycles. The summed E-state index contributed by atoms with van der Waals surface area (Å²) in [5, 5.41) is 0. The molecule has 0 radical (unpaired) electrons. The molecule has 27 heavy (non-hydrogen) atoms. The molecule has 0 saturated carbocycles. The first-order chi connectivity index (χ1) is 12.6. The van der Waals surface area contributed by atoms with Crippen LogP contribution in [0, 0.1) is 17.5 Å². The van der Waals surface area contributed by atoms with Gasteiger partial charge in [-0.2, -0.15) is 4.31 Å². The van der Waals surface area contributed by atoms with Crippen LogP contribution in [0.15, 0.2) is 47.4 Å². The monoisotopic (exact) mass is 401 g/mol. The van der Waals surface area contributed by atoms with E-state index in [9.17, 15) is 31.2 Å². The highest BCUT2D eigenvalue weighted by Gasteiger charge is 2.24. The van der Waals surface area contributed by atoms with Crippen LogP contribution in [0.1, 0.15) is 10.4 Å². The molecule has 0 aliphatic carbocycles. The summed E-state index contributed by atoms with van der Waals surface area (Å²) in [5.41, 5.74) is -0.588. The molecule has 0 amide bonds. The highest BCUT2D eigenvalue weighted by Crippen LogP contribution is 2.15. The van der Waals surface area contributed by atoms with Gasteiger partial charge in [-0.15, -0.1) is 0 Å². The van der Waals surface area contributed by atoms with Gasteiger partial charge in [-0.25, -0.2) is 21.6 Å². The predicted octanol–water partition coefficient (Wildman–Crippen LogP) is 2.15. The lowest BCUT2D eigenvalue weighted by molar-refractivity contribution is -0.142. The Labute approximate surface area is 153 Å². The van der Waals surface area contributed by atoms with E-state index in [1.54, 1.807) is 0 Å². The van der Waals surface area contributed by atoms with E-state index in [4.69, 9.17) is 0 Å². The van der Waals surface area contributed by atoms with E-state index < -0.39 is 57.9 Å². The molecule has 6 nitrogen and oxygen atoms in total. The number of hydrogen-bond donors (Lipinski definition) is 0. The standard InChI is InChI=1S/C17H14F3NO5S/c1-21(27(24,25)13-5-2-11(18)3-6-13)9-17(23)26-10-16(22)14-8-12(19)4-7-15(14)20/h2-8H,9-10H2,1H3. The Morgan fingerprint density at radius 1 is 1.00 bits per heavy atom. The summed E-state index contributed by atoms with van der Waals surface area (Å²) in [4.78, 5) is 23.3. The molecule has 0 saturated heterocycles. The second-order valence-corrected chi connectivity index (χ2v) is 7.47. The number of benzene rings is 2. The largest absolute Gasteiger partial charge is 0.456 e. The Morgan fingerprint density at radius 2 is 1.59 bits per heavy atom. The van der Waals surface area contributed by atoms with Gasteiger partial charge in [0.25, 0.3) is 0 Å². The van der Waals surface area contributed by atoms with Gasteiger partial charge in [0.15, 0.2) is 6.61 Å². The fraction of sp³-hybridized carbons (Fsp3) is 0.176. The van der Waals surface area contributed by atoms with E-state index in [1.165, 1.54) is 0 Å². The minimum Gasteiger partial charge on any atom is -0.456 e. The van der Waals surface area contributed by atoms with Gasteiger partial charge in [-0.3, -0.25) is 9.59 Å². The van der Waals surface area contributed by atoms with Gasteiger partial charge in [-0.05, 0) is 42.5 Å². The molecule has 0 spiro atoms. The number of sulfonamides is 1. The molecular formula is C17H14F3NO5S. The lowest BCUT2D eigenvalue weighted by Gasteiger charge is -2.16. The second-order valence-electron chi connectivity index (χ2n) is 5.42. The van der Waals surface area contributed by atoms with Gasteiger partial charge in [0, 0.05) is 7.05 Å². The van der Waals surface area contributed by atoms with Crippen LogP contribution in [0.4, 0.5) is 13.2 Å². The van der Waals surface area contributed by atoms with Gasteiger partial charge in [0.1, 0.15) is 24.0 Å². The maximum atomic E-state index is 13.5. The number of halogens is 3. The zero-order valence-electron chi connectivity index (χ0n) is 14.0. The molecule has 0 aliphatic rings. The number of carbonyl (C=O) groups is 2. The van der Waals surface area contributed by atoms with Crippen molar-refractivity contribution >= 4 is 21.8 Å². The van der Waals surface area contributed by atoms with E-state index in [1.807, 2.05) is 0 Å². The number of hydrogen-bond acceptors (Lipinski definition) is 5. The number of likely N-dealkylation sites (N-methyl/N-ethyl adjacent to an activating group) is 1. The maximum absolute atomic E-state index is 13.5. The van der Waals surface area contributed by atoms with Crippen molar-refractivity contribution in [3.8, 4) is 0 Å². The van der Waals surface area contributed by atoms with Crippen LogP contribution >= 0.6 is 0 Å². The van der Waals surface area contributed by atoms with Gasteiger partial charge in [0.2, 0.25) is 15.8 Å². The quantitative estimate of drug-likeness (QED) is 0.525. The van der Waals surface area contributed by atoms with Crippen LogP contribution in [0.3, 0.4) is 0 Å². The highest BCUT2D eigenvalue weighted by atomic mass is 32.2. The van der Waals surface area contributed by atoms with Crippen molar-refractivity contribution < 1.29 is 35.9 Å². The van der Waals surface area contributed by atoms with Crippen LogP contribution in [0.25, 0.3) is 0 Å². The molecule has 144 valence electrons. The summed E-state index contributed by atoms with van der Waals surface area (Å²) in [6, 6.07) is 6.21. The van der Waals surface area contributed by atoms with E-state index >= 15 is 0 Å². The van der Waals surface area contributed by atoms with Crippen molar-refractivity contribution in [1.82, 2.24) is 4.31 Å². The third-order valence-electron chi connectivity index (χ3n) is 3.47. The highest BCUT2D eigenvalue weighted by molar-refractivity contribution is 7.89. The lowest BCUT2D eigenvalue weighted by atomic mass is 10.1. The Morgan fingerprint density at radius 3 is 2.22 bits per heavy atom. The summed E-state index contributed by atoms with van der Waals surface area (Å²) in [6.45, 7) is -1.62. The van der Waals surface area contributed by atoms with Gasteiger partial charge < -0.3 is 4.74 Å². The summed E-state index contributed by atoms with van der Waals surface area (Å²) in [5.74, 6) is -4.50. The molecule has 2 rings (SSSR count). The maximum Gasteiger partial charge on any atom is 0.321 e. The van der Waals surface area contributed by atoms with Gasteiger partial charge in [0.05, 0.1) is 10.5 Å². The zero-order chi connectivity index (χ0) is 20.2. The number of Topliss-reactive ketones (excluding diaryl/α,β-unsaturated/α-hetero) is 1. The van der Waals surface area contributed by atoms with Crippen molar-refractivity contribution in [3.05, 3.63) is 65.5 Å². The summed E-state index contributed by atoms with van der Waals surface area (Å²) >= 11 is 0. The first-order valence-corrected chi connectivity index (χ1v) is 8.91. The zero-order valence-corrected chi connectivity index (χ0v) is 14.8. The summed E-state index contributed by atoms with van der Waals surface area (Å²) in [6.07, 6.45) is 0. The third-order valence-corrected chi connectivity index (χ3v) is 5.28. The summed E-state index contributed by atoms with van der Waals surface area (Å²) < 4.78 is 69.2. The first-order valence-electron chi connectivity index (χ1n) is 7.47. The van der Waals surface area contributed by atoms with Crippen LogP contribution < -0.4 is 0 Å². The topological polar surface area (TPSA) is 80.8 Å². The van der Waals surface area contributed by atoms with Crippen molar-refractivity contribution in [2.75, 3.05) is 20.2 Å². The molecule has 0 atom stereocenters. The number of ketones is 1. The minimum atomic E-state index is -4.08. The third kappa shape index (κ3) is 5.14. The normalized spacial score (nSPS) is 11.4. The first kappa shape index (κ1) is 20.6. The van der Waals surface area contributed by atoms with E-state index in [-0.39, 0.29) is 4.90 Å². The van der Waals surface area contributed by atoms with E-state index in [0.29, 0.717) is 10.4 Å². The smallest absolute Gasteiger partial charge is 0.321 e. The Balaban J connectivity index is 1.97. The van der Waals surface area contributed by atoms with Crippen LogP contribution in [0.5, 0.6) is 0 Å². The number of nitrogens with zero attached hydrogens (tertiary/aromatic N) is 1. The summed E-state index contributed by atoms with van der Waals surface area (Å²) in [7, 11) is -2.99. The minimum absolute atomic E-state index is 0.239. The molecule has 0 aromatic heterocycles. The SMILES string of the molecule is CN(CC(=O)OCC(=O)c1cc(F)ccc1F)S(=O)(=O)c1ccc(F)cc1. The van der Waals surface area contributed by atoms with Gasteiger partial charge >= 0.3 is 5.97 Å². The van der Waals surface area contributed by atoms with Crippen molar-refractivity contribution in [2.45, 2.75) is 4.90 Å². The molecule has 2 aromatic rings. The average molecular weight is 401 g/mol. The Bertz CT molecular complexity index is 961. The van der Waals surface area contributed by atoms with Crippen LogP contribution in [0.2, 0.25) is 0 Å². The number of ether oxygens (including phenoxy) is 1. The van der Waals surface area contributed by atoms with Crippen molar-refractivity contribution in [1.29, 1.82) is 0 Å². The molecular weight excluding hydrogens is 387 g/mol. The molecule has 0 N–H and O–H groups in total. The van der Waals surface area contributed by atoms with E-state index in [0.717, 1.165) is 43.4 Å². The number of rotatable bonds is 7. The number of carbonyl (C=O) groups excluding carboxylic acids is 2. The molecule has 0 aliphatic heterocycles. The van der Waals surface area contributed by atoms with Crippen molar-refractivity contribution in [3.63, 3.8) is 0 Å². The molecule has 2 aromatic carbocycles. The number of esters is 1. The Kier molecular flexibility index (Phi) is 6.34. The van der Waals surface area contributed by atoms with Gasteiger partial charge in [-0.1, -0.05) is 0 Å². The van der Waals surface area contributed by atoms with Crippen molar-refractivity contribution in [2.24, 2.45) is 0 Å². The average Bonchev–Trinajstić information content (AvgIpc) is 2.62. The molecule has 0 unspecified atom stereocenters. The van der Waals surface area contributed by atoms with E-state index in [2.05, 4.69) is 4.74 Å².